The maximum atomic E-state index is 11.4. The van der Waals surface area contributed by atoms with Crippen LogP contribution in [0.5, 0.6) is 0 Å². The monoisotopic (exact) mass is 289 g/mol. The van der Waals surface area contributed by atoms with Crippen molar-refractivity contribution in [3.63, 3.8) is 0 Å². The van der Waals surface area contributed by atoms with Crippen LogP contribution in [0.15, 0.2) is 41.1 Å². The van der Waals surface area contributed by atoms with E-state index in [9.17, 15) is 4.79 Å². The van der Waals surface area contributed by atoms with Gasteiger partial charge in [0.05, 0.1) is 13.5 Å². The van der Waals surface area contributed by atoms with E-state index >= 15 is 0 Å². The van der Waals surface area contributed by atoms with Crippen LogP contribution in [0, 0.1) is 0 Å². The van der Waals surface area contributed by atoms with Crippen LogP contribution in [0.3, 0.4) is 0 Å². The minimum absolute atomic E-state index is 0.205. The van der Waals surface area contributed by atoms with Crippen LogP contribution in [0.1, 0.15) is 29.7 Å². The molecule has 0 aliphatic heterocycles. The van der Waals surface area contributed by atoms with Gasteiger partial charge in [0, 0.05) is 12.6 Å². The van der Waals surface area contributed by atoms with Crippen molar-refractivity contribution in [2.45, 2.75) is 25.9 Å². The molecule has 1 atom stereocenters. The predicted molar refractivity (Wildman–Crippen MR) is 81.7 cm³/mol. The molecule has 0 aliphatic carbocycles. The largest absolute Gasteiger partial charge is 0.469 e. The van der Waals surface area contributed by atoms with Crippen molar-refractivity contribution in [1.82, 2.24) is 5.32 Å². The first kappa shape index (κ1) is 14.8. The number of nitrogens with one attached hydrogen (secondary N) is 1. The Bertz CT molecular complexity index is 551. The first-order valence-corrected chi connectivity index (χ1v) is 7.54. The summed E-state index contributed by atoms with van der Waals surface area (Å²) in [5, 5.41) is 7.72. The minimum Gasteiger partial charge on any atom is -0.469 e. The van der Waals surface area contributed by atoms with Crippen LogP contribution < -0.4 is 5.32 Å². The molecule has 2 aromatic rings. The molecule has 2 rings (SSSR count). The van der Waals surface area contributed by atoms with Crippen LogP contribution in [-0.4, -0.2) is 13.1 Å². The Kier molecular flexibility index (Phi) is 5.32. The number of thiophene rings is 1. The second-order valence-electron chi connectivity index (χ2n) is 4.68. The summed E-state index contributed by atoms with van der Waals surface area (Å²) in [6.07, 6.45) is 0.321. The van der Waals surface area contributed by atoms with Crippen LogP contribution >= 0.6 is 11.3 Å². The summed E-state index contributed by atoms with van der Waals surface area (Å²) in [6, 6.07) is 10.4. The summed E-state index contributed by atoms with van der Waals surface area (Å²) < 4.78 is 4.74. The Labute approximate surface area is 123 Å². The van der Waals surface area contributed by atoms with Crippen LogP contribution in [0.25, 0.3) is 0 Å². The summed E-state index contributed by atoms with van der Waals surface area (Å²) in [5.41, 5.74) is 3.45. The van der Waals surface area contributed by atoms with E-state index in [1.54, 1.807) is 11.3 Å². The molecule has 0 aliphatic rings. The van der Waals surface area contributed by atoms with Crippen LogP contribution in [0.2, 0.25) is 0 Å². The Hall–Kier alpha value is -1.65. The smallest absolute Gasteiger partial charge is 0.309 e. The zero-order valence-corrected chi connectivity index (χ0v) is 12.6. The number of methoxy groups -OCH3 is 1. The molecule has 0 amide bonds. The number of hydrogen-bond donors (Lipinski definition) is 1. The first-order valence-electron chi connectivity index (χ1n) is 6.59. The SMILES string of the molecule is COC(=O)Cc1ccccc1CNC(C)c1ccsc1. The zero-order valence-electron chi connectivity index (χ0n) is 11.8. The lowest BCUT2D eigenvalue weighted by molar-refractivity contribution is -0.139. The van der Waals surface area contributed by atoms with Crippen LogP contribution in [0.4, 0.5) is 0 Å². The van der Waals surface area contributed by atoms with Gasteiger partial charge < -0.3 is 10.1 Å². The summed E-state index contributed by atoms with van der Waals surface area (Å²) in [7, 11) is 1.42. The summed E-state index contributed by atoms with van der Waals surface area (Å²) >= 11 is 1.70. The van der Waals surface area contributed by atoms with Gasteiger partial charge in [0.15, 0.2) is 0 Å². The van der Waals surface area contributed by atoms with E-state index in [4.69, 9.17) is 4.74 Å². The third-order valence-electron chi connectivity index (χ3n) is 3.32. The molecule has 1 aromatic carbocycles. The van der Waals surface area contributed by atoms with E-state index in [1.807, 2.05) is 24.3 Å². The molecule has 0 fully saturated rings. The number of hydrogen-bond acceptors (Lipinski definition) is 4. The van der Waals surface area contributed by atoms with Gasteiger partial charge >= 0.3 is 5.97 Å². The maximum absolute atomic E-state index is 11.4. The normalized spacial score (nSPS) is 12.1. The van der Waals surface area contributed by atoms with E-state index in [0.29, 0.717) is 12.5 Å². The van der Waals surface area contributed by atoms with Crippen molar-refractivity contribution >= 4 is 17.3 Å². The van der Waals surface area contributed by atoms with Gasteiger partial charge in [-0.2, -0.15) is 11.3 Å². The first-order chi connectivity index (χ1) is 9.70. The Morgan fingerprint density at radius 1 is 1.30 bits per heavy atom. The highest BCUT2D eigenvalue weighted by atomic mass is 32.1. The molecule has 0 radical (unpaired) electrons. The van der Waals surface area contributed by atoms with Crippen molar-refractivity contribution in [3.05, 3.63) is 57.8 Å². The highest BCUT2D eigenvalue weighted by molar-refractivity contribution is 7.07. The number of esters is 1. The topological polar surface area (TPSA) is 38.3 Å². The predicted octanol–water partition coefficient (Wildman–Crippen LogP) is 3.31. The van der Waals surface area contributed by atoms with E-state index in [2.05, 4.69) is 29.1 Å². The molecule has 106 valence electrons. The lowest BCUT2D eigenvalue weighted by Gasteiger charge is -2.14. The van der Waals surface area contributed by atoms with E-state index < -0.39 is 0 Å². The van der Waals surface area contributed by atoms with E-state index in [-0.39, 0.29) is 5.97 Å². The molecule has 0 spiro atoms. The molecule has 3 nitrogen and oxygen atoms in total. The molecule has 0 saturated heterocycles. The number of rotatable bonds is 6. The molecular weight excluding hydrogens is 270 g/mol. The Balaban J connectivity index is 2.00. The standard InChI is InChI=1S/C16H19NO2S/c1-12(15-7-8-20-11-15)17-10-14-6-4-3-5-13(14)9-16(18)19-2/h3-8,11-12,17H,9-10H2,1-2H3. The molecule has 20 heavy (non-hydrogen) atoms. The third-order valence-corrected chi connectivity index (χ3v) is 4.02. The fourth-order valence-electron chi connectivity index (χ4n) is 2.03. The molecule has 1 aromatic heterocycles. The molecule has 1 unspecified atom stereocenters. The van der Waals surface area contributed by atoms with Crippen molar-refractivity contribution in [1.29, 1.82) is 0 Å². The lowest BCUT2D eigenvalue weighted by atomic mass is 10.0. The minimum atomic E-state index is -0.205. The van der Waals surface area contributed by atoms with Crippen LogP contribution in [-0.2, 0) is 22.5 Å². The fourth-order valence-corrected chi connectivity index (χ4v) is 2.79. The molecular formula is C16H19NO2S. The number of benzene rings is 1. The van der Waals surface area contributed by atoms with Crippen molar-refractivity contribution in [2.24, 2.45) is 0 Å². The van der Waals surface area contributed by atoms with Gasteiger partial charge in [-0.25, -0.2) is 0 Å². The summed E-state index contributed by atoms with van der Waals surface area (Å²) in [6.45, 7) is 2.88. The molecule has 0 bridgehead atoms. The highest BCUT2D eigenvalue weighted by Gasteiger charge is 2.09. The van der Waals surface area contributed by atoms with E-state index in [1.165, 1.54) is 12.7 Å². The Morgan fingerprint density at radius 3 is 2.70 bits per heavy atom. The van der Waals surface area contributed by atoms with Crippen molar-refractivity contribution in [2.75, 3.05) is 7.11 Å². The zero-order chi connectivity index (χ0) is 14.4. The van der Waals surface area contributed by atoms with Gasteiger partial charge in [-0.05, 0) is 40.4 Å². The van der Waals surface area contributed by atoms with Gasteiger partial charge in [-0.3, -0.25) is 4.79 Å². The maximum Gasteiger partial charge on any atom is 0.309 e. The summed E-state index contributed by atoms with van der Waals surface area (Å²) in [4.78, 5) is 11.4. The average Bonchev–Trinajstić information content (AvgIpc) is 3.00. The second kappa shape index (κ2) is 7.22. The molecule has 4 heteroatoms. The van der Waals surface area contributed by atoms with Gasteiger partial charge in [-0.15, -0.1) is 0 Å². The van der Waals surface area contributed by atoms with Crippen molar-refractivity contribution in [3.8, 4) is 0 Å². The van der Waals surface area contributed by atoms with Gasteiger partial charge in [0.1, 0.15) is 0 Å². The fraction of sp³-hybridized carbons (Fsp3) is 0.312. The van der Waals surface area contributed by atoms with Gasteiger partial charge in [0.25, 0.3) is 0 Å². The average molecular weight is 289 g/mol. The number of ether oxygens (including phenoxy) is 1. The highest BCUT2D eigenvalue weighted by Crippen LogP contribution is 2.17. The number of carbonyl (C=O) groups is 1. The van der Waals surface area contributed by atoms with Crippen molar-refractivity contribution < 1.29 is 9.53 Å². The molecule has 1 N–H and O–H groups in total. The third kappa shape index (κ3) is 3.92. The van der Waals surface area contributed by atoms with Gasteiger partial charge in [0.2, 0.25) is 0 Å². The lowest BCUT2D eigenvalue weighted by Crippen LogP contribution is -2.19. The van der Waals surface area contributed by atoms with E-state index in [0.717, 1.165) is 17.7 Å². The number of carbonyl (C=O) groups excluding carboxylic acids is 1. The quantitative estimate of drug-likeness (QED) is 0.829. The molecule has 0 saturated carbocycles. The second-order valence-corrected chi connectivity index (χ2v) is 5.46. The summed E-state index contributed by atoms with van der Waals surface area (Å²) in [5.74, 6) is -0.205. The van der Waals surface area contributed by atoms with Gasteiger partial charge in [-0.1, -0.05) is 24.3 Å². The Morgan fingerprint density at radius 2 is 2.05 bits per heavy atom. The molecule has 1 heterocycles.